The van der Waals surface area contributed by atoms with Crippen molar-refractivity contribution < 1.29 is 28.5 Å². The Morgan fingerprint density at radius 3 is 2.32 bits per heavy atom. The van der Waals surface area contributed by atoms with E-state index in [0.29, 0.717) is 13.0 Å². The van der Waals surface area contributed by atoms with Crippen LogP contribution in [0.5, 0.6) is 0 Å². The third-order valence-corrected chi connectivity index (χ3v) is 8.10. The van der Waals surface area contributed by atoms with Gasteiger partial charge in [0.25, 0.3) is 0 Å². The summed E-state index contributed by atoms with van der Waals surface area (Å²) in [5.41, 5.74) is 6.06. The van der Waals surface area contributed by atoms with Gasteiger partial charge in [0.05, 0.1) is 25.2 Å². The first-order chi connectivity index (χ1) is 16.2. The first kappa shape index (κ1) is 25.4. The van der Waals surface area contributed by atoms with E-state index in [4.69, 9.17) is 24.7 Å². The van der Waals surface area contributed by atoms with Crippen molar-refractivity contribution in [2.75, 3.05) is 20.3 Å². The van der Waals surface area contributed by atoms with Crippen LogP contribution in [0.4, 0.5) is 4.79 Å². The second-order valence-corrected chi connectivity index (χ2v) is 10.8. The van der Waals surface area contributed by atoms with E-state index in [1.165, 1.54) is 5.57 Å². The Morgan fingerprint density at radius 2 is 1.76 bits per heavy atom. The number of amides is 2. The molecule has 192 valence electrons. The SMILES string of the molecule is COC1C(OC(=O)NC2CCC(NC(=O)CN)CC2)CC[C@]2(CO2)C1C1(C)O[C@@H]1CC=C(C)C. The normalized spacial score (nSPS) is 40.9. The summed E-state index contributed by atoms with van der Waals surface area (Å²) in [5, 5.41) is 5.95. The van der Waals surface area contributed by atoms with Crippen molar-refractivity contribution in [2.24, 2.45) is 11.7 Å². The van der Waals surface area contributed by atoms with Gasteiger partial charge in [-0.15, -0.1) is 0 Å². The smallest absolute Gasteiger partial charge is 0.407 e. The highest BCUT2D eigenvalue weighted by molar-refractivity contribution is 5.78. The lowest BCUT2D eigenvalue weighted by Crippen LogP contribution is -2.56. The number of ether oxygens (including phenoxy) is 4. The van der Waals surface area contributed by atoms with Crippen LogP contribution in [0.25, 0.3) is 0 Å². The van der Waals surface area contributed by atoms with Gasteiger partial charge >= 0.3 is 6.09 Å². The Kier molecular flexibility index (Phi) is 7.57. The summed E-state index contributed by atoms with van der Waals surface area (Å²) in [7, 11) is 1.68. The highest BCUT2D eigenvalue weighted by atomic mass is 16.6. The number of alkyl carbamates (subject to hydrolysis) is 1. The van der Waals surface area contributed by atoms with Crippen molar-refractivity contribution in [3.8, 4) is 0 Å². The average molecular weight is 480 g/mol. The topological polar surface area (TPSA) is 128 Å². The molecule has 4 unspecified atom stereocenters. The minimum atomic E-state index is -0.407. The van der Waals surface area contributed by atoms with Crippen LogP contribution >= 0.6 is 0 Å². The summed E-state index contributed by atoms with van der Waals surface area (Å²) >= 11 is 0. The number of nitrogens with one attached hydrogen (secondary N) is 2. The van der Waals surface area contributed by atoms with Crippen molar-refractivity contribution in [2.45, 2.75) is 107 Å². The summed E-state index contributed by atoms with van der Waals surface area (Å²) in [5.74, 6) is -0.129. The largest absolute Gasteiger partial charge is 0.443 e. The van der Waals surface area contributed by atoms with E-state index in [-0.39, 0.29) is 60.0 Å². The number of methoxy groups -OCH3 is 1. The lowest BCUT2D eigenvalue weighted by Gasteiger charge is -2.42. The molecule has 1 spiro atoms. The molecule has 2 amide bonds. The molecule has 0 aromatic carbocycles. The van der Waals surface area contributed by atoms with E-state index in [0.717, 1.165) is 38.5 Å². The molecule has 0 radical (unpaired) electrons. The molecule has 2 aliphatic carbocycles. The van der Waals surface area contributed by atoms with Crippen LogP contribution in [0.15, 0.2) is 11.6 Å². The van der Waals surface area contributed by atoms with Crippen molar-refractivity contribution in [3.63, 3.8) is 0 Å². The zero-order chi connectivity index (χ0) is 24.5. The maximum atomic E-state index is 12.8. The van der Waals surface area contributed by atoms with Crippen LogP contribution in [-0.2, 0) is 23.7 Å². The molecule has 0 aromatic rings. The molecule has 4 aliphatic rings. The number of hydrogen-bond acceptors (Lipinski definition) is 7. The van der Waals surface area contributed by atoms with Gasteiger partial charge in [0, 0.05) is 19.2 Å². The lowest BCUT2D eigenvalue weighted by atomic mass is 9.68. The van der Waals surface area contributed by atoms with Gasteiger partial charge in [-0.2, -0.15) is 0 Å². The maximum absolute atomic E-state index is 12.8. The van der Waals surface area contributed by atoms with Crippen LogP contribution in [0.2, 0.25) is 0 Å². The molecular formula is C25H41N3O6. The lowest BCUT2D eigenvalue weighted by molar-refractivity contribution is -0.120. The number of hydrogen-bond donors (Lipinski definition) is 3. The monoisotopic (exact) mass is 479 g/mol. The van der Waals surface area contributed by atoms with Gasteiger partial charge in [0.15, 0.2) is 0 Å². The van der Waals surface area contributed by atoms with Crippen molar-refractivity contribution in [3.05, 3.63) is 11.6 Å². The molecule has 2 saturated carbocycles. The van der Waals surface area contributed by atoms with Crippen molar-refractivity contribution in [1.29, 1.82) is 0 Å². The Labute approximate surface area is 202 Å². The summed E-state index contributed by atoms with van der Waals surface area (Å²) in [6, 6.07) is 0.158. The predicted molar refractivity (Wildman–Crippen MR) is 126 cm³/mol. The highest BCUT2D eigenvalue weighted by Gasteiger charge is 2.72. The molecule has 9 heteroatoms. The number of epoxide rings is 2. The van der Waals surface area contributed by atoms with Gasteiger partial charge in [-0.05, 0) is 65.7 Å². The van der Waals surface area contributed by atoms with E-state index in [1.54, 1.807) is 7.11 Å². The third kappa shape index (κ3) is 5.42. The van der Waals surface area contributed by atoms with E-state index < -0.39 is 6.09 Å². The molecule has 4 fully saturated rings. The molecule has 2 aliphatic heterocycles. The maximum Gasteiger partial charge on any atom is 0.407 e. The summed E-state index contributed by atoms with van der Waals surface area (Å²) < 4.78 is 24.1. The first-order valence-corrected chi connectivity index (χ1v) is 12.7. The average Bonchev–Trinajstić information content (AvgIpc) is 3.72. The van der Waals surface area contributed by atoms with Crippen LogP contribution in [0.3, 0.4) is 0 Å². The second kappa shape index (κ2) is 10.1. The zero-order valence-electron chi connectivity index (χ0n) is 20.9. The molecular weight excluding hydrogens is 438 g/mol. The number of rotatable bonds is 8. The third-order valence-electron chi connectivity index (χ3n) is 8.10. The summed E-state index contributed by atoms with van der Waals surface area (Å²) in [4.78, 5) is 24.3. The van der Waals surface area contributed by atoms with E-state index in [1.807, 2.05) is 0 Å². The van der Waals surface area contributed by atoms with E-state index >= 15 is 0 Å². The number of nitrogens with two attached hydrogens (primary N) is 1. The molecule has 2 heterocycles. The van der Waals surface area contributed by atoms with E-state index in [2.05, 4.69) is 37.5 Å². The Bertz CT molecular complexity index is 788. The van der Waals surface area contributed by atoms with Crippen LogP contribution in [-0.4, -0.2) is 73.9 Å². The Morgan fingerprint density at radius 1 is 1.12 bits per heavy atom. The molecule has 0 aromatic heterocycles. The Hall–Kier alpha value is -1.68. The van der Waals surface area contributed by atoms with Gasteiger partial charge in [-0.1, -0.05) is 11.6 Å². The zero-order valence-corrected chi connectivity index (χ0v) is 20.9. The molecule has 2 saturated heterocycles. The predicted octanol–water partition coefficient (Wildman–Crippen LogP) is 2.18. The first-order valence-electron chi connectivity index (χ1n) is 12.7. The molecule has 4 N–H and O–H groups in total. The van der Waals surface area contributed by atoms with Gasteiger partial charge in [-0.25, -0.2) is 4.79 Å². The van der Waals surface area contributed by atoms with Crippen LogP contribution < -0.4 is 16.4 Å². The quantitative estimate of drug-likeness (QED) is 0.360. The van der Waals surface area contributed by atoms with Gasteiger partial charge in [-0.3, -0.25) is 4.79 Å². The van der Waals surface area contributed by atoms with Crippen LogP contribution in [0, 0.1) is 5.92 Å². The number of carbonyl (C=O) groups excluding carboxylic acids is 2. The molecule has 4 rings (SSSR count). The van der Waals surface area contributed by atoms with Gasteiger partial charge in [0.2, 0.25) is 5.91 Å². The number of allylic oxidation sites excluding steroid dienone is 1. The fourth-order valence-electron chi connectivity index (χ4n) is 6.08. The van der Waals surface area contributed by atoms with E-state index in [9.17, 15) is 9.59 Å². The van der Waals surface area contributed by atoms with Crippen molar-refractivity contribution >= 4 is 12.0 Å². The Balaban J connectivity index is 1.32. The minimum absolute atomic E-state index is 0.000341. The molecule has 34 heavy (non-hydrogen) atoms. The highest BCUT2D eigenvalue weighted by Crippen LogP contribution is 2.59. The fraction of sp³-hybridized carbons (Fsp3) is 0.840. The standard InChI is InChI=1S/C25H41N3O6/c1-15(2)5-10-19-24(3,34-19)22-21(31-4)18(11-12-25(22)14-32-25)33-23(30)28-17-8-6-16(7-9-17)27-20(29)13-26/h5,16-19,21-22H,6-14,26H2,1-4H3,(H,27,29)(H,28,30)/t16?,17?,18?,19-,21?,22?,24?,25+/m1/s1. The molecule has 9 nitrogen and oxygen atoms in total. The van der Waals surface area contributed by atoms with Crippen molar-refractivity contribution in [1.82, 2.24) is 10.6 Å². The number of carbonyl (C=O) groups is 2. The van der Waals surface area contributed by atoms with Gasteiger partial charge < -0.3 is 35.3 Å². The molecule has 0 bridgehead atoms. The summed E-state index contributed by atoms with van der Waals surface area (Å²) in [6.07, 6.45) is 6.88. The minimum Gasteiger partial charge on any atom is -0.443 e. The second-order valence-electron chi connectivity index (χ2n) is 10.8. The van der Waals surface area contributed by atoms with Gasteiger partial charge in [0.1, 0.15) is 23.4 Å². The summed E-state index contributed by atoms with van der Waals surface area (Å²) in [6.45, 7) is 7.03. The fourth-order valence-corrected chi connectivity index (χ4v) is 6.08. The molecule has 6 atom stereocenters. The van der Waals surface area contributed by atoms with Crippen LogP contribution in [0.1, 0.15) is 65.7 Å².